The maximum absolute atomic E-state index is 13.5. The van der Waals surface area contributed by atoms with Crippen LogP contribution in [0.4, 0.5) is 14.6 Å². The quantitative estimate of drug-likeness (QED) is 0.764. The molecule has 3 heterocycles. The summed E-state index contributed by atoms with van der Waals surface area (Å²) in [5.74, 6) is -0.268. The first-order chi connectivity index (χ1) is 12.6. The Labute approximate surface area is 147 Å². The third kappa shape index (κ3) is 3.34. The van der Waals surface area contributed by atoms with Crippen LogP contribution in [-0.2, 0) is 4.74 Å². The van der Waals surface area contributed by atoms with Gasteiger partial charge in [0.05, 0.1) is 17.2 Å². The molecule has 0 bridgehead atoms. The van der Waals surface area contributed by atoms with Crippen LogP contribution < -0.4 is 5.32 Å². The van der Waals surface area contributed by atoms with E-state index in [2.05, 4.69) is 25.4 Å². The molecule has 0 amide bonds. The van der Waals surface area contributed by atoms with Crippen molar-refractivity contribution in [1.29, 1.82) is 0 Å². The largest absolute Gasteiger partial charge is 0.381 e. The molecule has 9 heteroatoms. The Hall–Kier alpha value is -2.68. The second-order valence-corrected chi connectivity index (χ2v) is 6.26. The van der Waals surface area contributed by atoms with Gasteiger partial charge in [0, 0.05) is 25.3 Å². The van der Waals surface area contributed by atoms with Crippen molar-refractivity contribution in [3.05, 3.63) is 41.7 Å². The van der Waals surface area contributed by atoms with Gasteiger partial charge in [0.1, 0.15) is 11.9 Å². The van der Waals surface area contributed by atoms with Crippen molar-refractivity contribution >= 4 is 16.9 Å². The molecule has 1 aliphatic heterocycles. The number of anilines is 1. The summed E-state index contributed by atoms with van der Waals surface area (Å²) in [7, 11) is 0. The number of halogens is 2. The van der Waals surface area contributed by atoms with E-state index in [0.717, 1.165) is 25.0 Å². The topological polar surface area (TPSA) is 86.0 Å². The Morgan fingerprint density at radius 3 is 2.54 bits per heavy atom. The summed E-state index contributed by atoms with van der Waals surface area (Å²) in [5.41, 5.74) is 0.548. The van der Waals surface area contributed by atoms with Crippen molar-refractivity contribution in [2.45, 2.75) is 25.8 Å². The first kappa shape index (κ1) is 16.8. The van der Waals surface area contributed by atoms with Gasteiger partial charge in [0.25, 0.3) is 0 Å². The van der Waals surface area contributed by atoms with E-state index in [1.54, 1.807) is 6.92 Å². The molecule has 3 aromatic rings. The molecule has 26 heavy (non-hydrogen) atoms. The zero-order chi connectivity index (χ0) is 18.1. The van der Waals surface area contributed by atoms with Crippen LogP contribution in [0, 0.1) is 24.5 Å². The lowest BCUT2D eigenvalue weighted by molar-refractivity contribution is 0.0570. The number of rotatable bonds is 4. The predicted molar refractivity (Wildman–Crippen MR) is 88.4 cm³/mol. The number of nitrogens with one attached hydrogen (secondary N) is 1. The molecule has 1 N–H and O–H groups in total. The van der Waals surface area contributed by atoms with Crippen LogP contribution in [0.15, 0.2) is 22.9 Å². The van der Waals surface area contributed by atoms with Crippen molar-refractivity contribution in [1.82, 2.24) is 20.1 Å². The maximum atomic E-state index is 13.5. The van der Waals surface area contributed by atoms with Crippen LogP contribution in [0.3, 0.4) is 0 Å². The number of benzene rings is 1. The van der Waals surface area contributed by atoms with Gasteiger partial charge in [0.2, 0.25) is 5.89 Å². The average molecular weight is 361 g/mol. The number of aromatic nitrogens is 4. The lowest BCUT2D eigenvalue weighted by atomic mass is 9.91. The van der Waals surface area contributed by atoms with Gasteiger partial charge in [-0.1, -0.05) is 5.16 Å². The molecule has 1 fully saturated rings. The van der Waals surface area contributed by atoms with Crippen LogP contribution in [0.1, 0.15) is 30.6 Å². The summed E-state index contributed by atoms with van der Waals surface area (Å²) in [6, 6.07) is 1.79. The molecule has 0 radical (unpaired) electrons. The Morgan fingerprint density at radius 2 is 1.85 bits per heavy atom. The van der Waals surface area contributed by atoms with E-state index in [0.29, 0.717) is 30.7 Å². The summed E-state index contributed by atoms with van der Waals surface area (Å²) in [6.07, 6.45) is 3.15. The fourth-order valence-corrected chi connectivity index (χ4v) is 3.11. The second kappa shape index (κ2) is 6.91. The number of nitrogens with zero attached hydrogens (tertiary/aromatic N) is 4. The average Bonchev–Trinajstić information content (AvgIpc) is 3.07. The molecule has 0 unspecified atom stereocenters. The first-order valence-electron chi connectivity index (χ1n) is 8.36. The number of hydrogen-bond acceptors (Lipinski definition) is 7. The van der Waals surface area contributed by atoms with Gasteiger partial charge in [-0.05, 0) is 25.7 Å². The molecule has 1 atom stereocenters. The standard InChI is InChI=1S/C17H17F2N5O2/c1-9-21-17(26-24-9)16(10-2-4-25-5-3-10)23-15-8-20-13-6-11(18)12(19)7-14(13)22-15/h6-8,10,16H,2-5H2,1H3,(H,22,23)/t16-/m1/s1. The number of ether oxygens (including phenoxy) is 1. The molecule has 1 aliphatic rings. The van der Waals surface area contributed by atoms with Crippen molar-refractivity contribution in [3.63, 3.8) is 0 Å². The Morgan fingerprint density at radius 1 is 1.12 bits per heavy atom. The van der Waals surface area contributed by atoms with E-state index in [-0.39, 0.29) is 23.0 Å². The number of aryl methyl sites for hydroxylation is 1. The van der Waals surface area contributed by atoms with E-state index in [4.69, 9.17) is 9.26 Å². The molecule has 2 aromatic heterocycles. The summed E-state index contributed by atoms with van der Waals surface area (Å²) in [4.78, 5) is 12.8. The highest BCUT2D eigenvalue weighted by Gasteiger charge is 2.30. The van der Waals surface area contributed by atoms with Gasteiger partial charge in [-0.15, -0.1) is 0 Å². The lowest BCUT2D eigenvalue weighted by Crippen LogP contribution is -2.27. The highest BCUT2D eigenvalue weighted by atomic mass is 19.2. The van der Waals surface area contributed by atoms with Gasteiger partial charge in [-0.3, -0.25) is 4.98 Å². The second-order valence-electron chi connectivity index (χ2n) is 6.26. The molecular weight excluding hydrogens is 344 g/mol. The summed E-state index contributed by atoms with van der Waals surface area (Å²) < 4.78 is 37.6. The Balaban J connectivity index is 1.66. The molecule has 7 nitrogen and oxygen atoms in total. The van der Waals surface area contributed by atoms with Crippen molar-refractivity contribution in [2.75, 3.05) is 18.5 Å². The molecule has 1 saturated heterocycles. The maximum Gasteiger partial charge on any atom is 0.249 e. The monoisotopic (exact) mass is 361 g/mol. The van der Waals surface area contributed by atoms with E-state index < -0.39 is 11.6 Å². The third-order valence-electron chi connectivity index (χ3n) is 4.43. The van der Waals surface area contributed by atoms with E-state index in [1.165, 1.54) is 6.20 Å². The molecule has 0 aliphatic carbocycles. The molecular formula is C17H17F2N5O2. The highest BCUT2D eigenvalue weighted by Crippen LogP contribution is 2.32. The normalized spacial score (nSPS) is 16.7. The molecule has 0 spiro atoms. The van der Waals surface area contributed by atoms with E-state index in [9.17, 15) is 8.78 Å². The van der Waals surface area contributed by atoms with Crippen molar-refractivity contribution in [3.8, 4) is 0 Å². The highest BCUT2D eigenvalue weighted by molar-refractivity contribution is 5.75. The fourth-order valence-electron chi connectivity index (χ4n) is 3.11. The van der Waals surface area contributed by atoms with Crippen LogP contribution in [0.5, 0.6) is 0 Å². The van der Waals surface area contributed by atoms with Crippen LogP contribution in [-0.4, -0.2) is 33.3 Å². The Kier molecular flexibility index (Phi) is 4.46. The van der Waals surface area contributed by atoms with Gasteiger partial charge in [0.15, 0.2) is 17.5 Å². The van der Waals surface area contributed by atoms with Gasteiger partial charge in [-0.2, -0.15) is 4.98 Å². The summed E-state index contributed by atoms with van der Waals surface area (Å²) >= 11 is 0. The molecule has 1 aromatic carbocycles. The van der Waals surface area contributed by atoms with Crippen molar-refractivity contribution < 1.29 is 18.0 Å². The predicted octanol–water partition coefficient (Wildman–Crippen LogP) is 3.18. The SMILES string of the molecule is Cc1noc([C@H](Nc2cnc3cc(F)c(F)cc3n2)C2CCOCC2)n1. The minimum absolute atomic E-state index is 0.214. The van der Waals surface area contributed by atoms with Crippen LogP contribution in [0.2, 0.25) is 0 Å². The zero-order valence-electron chi connectivity index (χ0n) is 14.1. The van der Waals surface area contributed by atoms with E-state index >= 15 is 0 Å². The van der Waals surface area contributed by atoms with Crippen LogP contribution in [0.25, 0.3) is 11.0 Å². The fraction of sp³-hybridized carbons (Fsp3) is 0.412. The van der Waals surface area contributed by atoms with Crippen LogP contribution >= 0.6 is 0 Å². The Bertz CT molecular complexity index is 927. The third-order valence-corrected chi connectivity index (χ3v) is 4.43. The molecule has 0 saturated carbocycles. The van der Waals surface area contributed by atoms with Crippen molar-refractivity contribution in [2.24, 2.45) is 5.92 Å². The number of fused-ring (bicyclic) bond motifs is 1. The lowest BCUT2D eigenvalue weighted by Gasteiger charge is -2.28. The minimum Gasteiger partial charge on any atom is -0.381 e. The molecule has 136 valence electrons. The smallest absolute Gasteiger partial charge is 0.249 e. The van der Waals surface area contributed by atoms with Gasteiger partial charge >= 0.3 is 0 Å². The first-order valence-corrected chi connectivity index (χ1v) is 8.36. The molecule has 4 rings (SSSR count). The summed E-state index contributed by atoms with van der Waals surface area (Å²) in [6.45, 7) is 3.06. The summed E-state index contributed by atoms with van der Waals surface area (Å²) in [5, 5.41) is 7.12. The van der Waals surface area contributed by atoms with Gasteiger partial charge < -0.3 is 14.6 Å². The number of hydrogen-bond donors (Lipinski definition) is 1. The van der Waals surface area contributed by atoms with Gasteiger partial charge in [-0.25, -0.2) is 13.8 Å². The zero-order valence-corrected chi connectivity index (χ0v) is 14.1. The minimum atomic E-state index is -0.961. The van der Waals surface area contributed by atoms with E-state index in [1.807, 2.05) is 0 Å².